The molecule has 6 nitrogen and oxygen atoms in total. The van der Waals surface area contributed by atoms with Gasteiger partial charge in [-0.15, -0.1) is 0 Å². The van der Waals surface area contributed by atoms with Gasteiger partial charge in [0, 0.05) is 5.92 Å². The number of nitrogens with zero attached hydrogens (tertiary/aromatic N) is 6. The molecule has 0 amide bonds. The van der Waals surface area contributed by atoms with Crippen LogP contribution in [0.4, 0.5) is 0 Å². The van der Waals surface area contributed by atoms with Gasteiger partial charge >= 0.3 is 0 Å². The number of hydrogen-bond donors (Lipinski definition) is 0. The first kappa shape index (κ1) is 12.5. The highest BCUT2D eigenvalue weighted by molar-refractivity contribution is 5.71. The third-order valence-corrected chi connectivity index (χ3v) is 2.43. The average Bonchev–Trinajstić information content (AvgIpc) is 3.10. The van der Waals surface area contributed by atoms with Gasteiger partial charge in [0.1, 0.15) is 41.3 Å². The fraction of sp³-hybridized carbons (Fsp3) is 0.167. The van der Waals surface area contributed by atoms with Crippen molar-refractivity contribution < 1.29 is 0 Å². The normalized spacial score (nSPS) is 15.2. The Hall–Kier alpha value is -3.58. The standard InChI is InChI=1S/C12H2N6/c13-1-7(2-14)10-11(8(3-15)4-16)12(10)9(5-17)6-18/h7,10H. The van der Waals surface area contributed by atoms with Crippen LogP contribution in [0.1, 0.15) is 0 Å². The lowest BCUT2D eigenvalue weighted by molar-refractivity contribution is 0.781. The lowest BCUT2D eigenvalue weighted by Gasteiger charge is -1.90. The molecule has 0 spiro atoms. The van der Waals surface area contributed by atoms with Crippen LogP contribution in [0.15, 0.2) is 22.3 Å². The van der Waals surface area contributed by atoms with Crippen LogP contribution in [0.25, 0.3) is 0 Å². The quantitative estimate of drug-likeness (QED) is 0.613. The molecular formula is C12H2N6. The van der Waals surface area contributed by atoms with E-state index in [0.29, 0.717) is 0 Å². The van der Waals surface area contributed by atoms with Gasteiger partial charge in [-0.2, -0.15) is 31.6 Å². The van der Waals surface area contributed by atoms with E-state index < -0.39 is 11.8 Å². The van der Waals surface area contributed by atoms with Crippen molar-refractivity contribution >= 4 is 0 Å². The van der Waals surface area contributed by atoms with Gasteiger partial charge in [-0.3, -0.25) is 0 Å². The van der Waals surface area contributed by atoms with Gasteiger partial charge < -0.3 is 0 Å². The minimum atomic E-state index is -1.11. The highest BCUT2D eigenvalue weighted by Crippen LogP contribution is 2.53. The zero-order valence-corrected chi connectivity index (χ0v) is 8.84. The predicted molar refractivity (Wildman–Crippen MR) is 54.7 cm³/mol. The summed E-state index contributed by atoms with van der Waals surface area (Å²) in [6.07, 6.45) is 0. The Morgan fingerprint density at radius 2 is 1.06 bits per heavy atom. The molecule has 1 aliphatic carbocycles. The lowest BCUT2D eigenvalue weighted by Crippen LogP contribution is -1.96. The highest BCUT2D eigenvalue weighted by Gasteiger charge is 2.49. The van der Waals surface area contributed by atoms with Gasteiger partial charge in [0.2, 0.25) is 0 Å². The van der Waals surface area contributed by atoms with Gasteiger partial charge in [-0.05, 0) is 11.1 Å². The monoisotopic (exact) mass is 230 g/mol. The largest absolute Gasteiger partial charge is 0.197 e. The third kappa shape index (κ3) is 1.75. The fourth-order valence-corrected chi connectivity index (χ4v) is 1.62. The summed E-state index contributed by atoms with van der Waals surface area (Å²) in [7, 11) is 0. The molecule has 1 saturated carbocycles. The Morgan fingerprint density at radius 3 is 1.28 bits per heavy atom. The van der Waals surface area contributed by atoms with Gasteiger partial charge in [-0.25, -0.2) is 0 Å². The predicted octanol–water partition coefficient (Wildman–Crippen LogP) is 0.967. The van der Waals surface area contributed by atoms with E-state index in [1.807, 2.05) is 0 Å². The molecule has 0 aromatic carbocycles. The summed E-state index contributed by atoms with van der Waals surface area (Å²) >= 11 is 0. The van der Waals surface area contributed by atoms with Crippen LogP contribution in [0.3, 0.4) is 0 Å². The van der Waals surface area contributed by atoms with E-state index in [1.54, 1.807) is 36.4 Å². The summed E-state index contributed by atoms with van der Waals surface area (Å²) in [6.45, 7) is 0. The van der Waals surface area contributed by atoms with Crippen LogP contribution in [-0.2, 0) is 0 Å². The average molecular weight is 230 g/mol. The minimum absolute atomic E-state index is 0.159. The Labute approximate surface area is 103 Å². The molecule has 0 heterocycles. The lowest BCUT2D eigenvalue weighted by atomic mass is 10.1. The van der Waals surface area contributed by atoms with E-state index in [4.69, 9.17) is 31.6 Å². The molecule has 80 valence electrons. The van der Waals surface area contributed by atoms with E-state index in [1.165, 1.54) is 0 Å². The van der Waals surface area contributed by atoms with Gasteiger partial charge in [0.25, 0.3) is 0 Å². The fourth-order valence-electron chi connectivity index (χ4n) is 1.62. The topological polar surface area (TPSA) is 143 Å². The first-order chi connectivity index (χ1) is 8.69. The number of rotatable bonds is 1. The second-order valence-electron chi connectivity index (χ2n) is 3.24. The minimum Gasteiger partial charge on any atom is -0.197 e. The van der Waals surface area contributed by atoms with Crippen molar-refractivity contribution in [2.45, 2.75) is 0 Å². The van der Waals surface area contributed by atoms with E-state index in [2.05, 4.69) is 0 Å². The summed E-state index contributed by atoms with van der Waals surface area (Å²) in [5.41, 5.74) is -0.223. The SMILES string of the molecule is N#CC(C#N)=C1C(=C(C#N)C#N)C1C(C#N)C#N. The summed E-state index contributed by atoms with van der Waals surface area (Å²) in [4.78, 5) is 0. The molecule has 0 radical (unpaired) electrons. The number of nitriles is 6. The zero-order chi connectivity index (χ0) is 13.7. The molecule has 1 aliphatic rings. The van der Waals surface area contributed by atoms with Crippen LogP contribution >= 0.6 is 0 Å². The summed E-state index contributed by atoms with van der Waals surface area (Å²) in [6, 6.07) is 9.93. The van der Waals surface area contributed by atoms with E-state index >= 15 is 0 Å². The summed E-state index contributed by atoms with van der Waals surface area (Å²) in [5, 5.41) is 52.5. The molecule has 0 bridgehead atoms. The molecule has 18 heavy (non-hydrogen) atoms. The van der Waals surface area contributed by atoms with Crippen molar-refractivity contribution in [1.29, 1.82) is 31.6 Å². The Balaban J connectivity index is 3.51. The smallest absolute Gasteiger partial charge is 0.144 e. The molecule has 1 fully saturated rings. The van der Waals surface area contributed by atoms with Crippen molar-refractivity contribution in [3.63, 3.8) is 0 Å². The highest BCUT2D eigenvalue weighted by atomic mass is 14.5. The van der Waals surface area contributed by atoms with E-state index in [0.717, 1.165) is 0 Å². The molecule has 0 atom stereocenters. The van der Waals surface area contributed by atoms with Gasteiger partial charge in [0.15, 0.2) is 0 Å². The Morgan fingerprint density at radius 1 is 0.722 bits per heavy atom. The molecular weight excluding hydrogens is 228 g/mol. The molecule has 6 heteroatoms. The summed E-state index contributed by atoms with van der Waals surface area (Å²) < 4.78 is 0. The van der Waals surface area contributed by atoms with Crippen molar-refractivity contribution in [2.75, 3.05) is 0 Å². The second kappa shape index (κ2) is 4.96. The maximum atomic E-state index is 8.78. The first-order valence-electron chi connectivity index (χ1n) is 4.58. The Kier molecular flexibility index (Phi) is 3.44. The number of hydrogen-bond acceptors (Lipinski definition) is 6. The zero-order valence-electron chi connectivity index (χ0n) is 8.84. The maximum absolute atomic E-state index is 8.78. The van der Waals surface area contributed by atoms with Crippen molar-refractivity contribution in [3.05, 3.63) is 22.3 Å². The van der Waals surface area contributed by atoms with Crippen molar-refractivity contribution in [3.8, 4) is 36.4 Å². The third-order valence-electron chi connectivity index (χ3n) is 2.43. The Bertz CT molecular complexity index is 617. The molecule has 1 rings (SSSR count). The van der Waals surface area contributed by atoms with E-state index in [9.17, 15) is 0 Å². The van der Waals surface area contributed by atoms with Crippen LogP contribution in [0, 0.1) is 79.8 Å². The first-order valence-corrected chi connectivity index (χ1v) is 4.58. The molecule has 0 saturated heterocycles. The second-order valence-corrected chi connectivity index (χ2v) is 3.24. The van der Waals surface area contributed by atoms with Gasteiger partial charge in [-0.1, -0.05) is 0 Å². The molecule has 0 unspecified atom stereocenters. The van der Waals surface area contributed by atoms with Crippen LogP contribution in [0.5, 0.6) is 0 Å². The van der Waals surface area contributed by atoms with Crippen molar-refractivity contribution in [1.82, 2.24) is 0 Å². The van der Waals surface area contributed by atoms with Crippen molar-refractivity contribution in [2.24, 2.45) is 11.8 Å². The van der Waals surface area contributed by atoms with Gasteiger partial charge in [0.05, 0.1) is 12.1 Å². The molecule has 0 aromatic rings. The summed E-state index contributed by atoms with van der Waals surface area (Å²) in [5.74, 6) is -1.90. The van der Waals surface area contributed by atoms with Crippen LogP contribution in [-0.4, -0.2) is 0 Å². The van der Waals surface area contributed by atoms with Crippen LogP contribution in [0.2, 0.25) is 0 Å². The molecule has 0 N–H and O–H groups in total. The molecule has 0 aliphatic heterocycles. The maximum Gasteiger partial charge on any atom is 0.144 e. The van der Waals surface area contributed by atoms with E-state index in [-0.39, 0.29) is 22.3 Å². The molecule has 0 aromatic heterocycles. The van der Waals surface area contributed by atoms with Crippen LogP contribution < -0.4 is 0 Å². The number of allylic oxidation sites excluding steroid dienone is 4.